The molecule has 0 spiro atoms. The van der Waals surface area contributed by atoms with Gasteiger partial charge in [0.1, 0.15) is 12.3 Å². The largest absolute Gasteiger partial charge is 0.481 e. The lowest BCUT2D eigenvalue weighted by atomic mass is 9.80. The molecular formula is C15H18F3NO4. The summed E-state index contributed by atoms with van der Waals surface area (Å²) in [5.41, 5.74) is 0. The zero-order chi connectivity index (χ0) is 17.0. The fourth-order valence-electron chi connectivity index (χ4n) is 2.92. The lowest BCUT2D eigenvalue weighted by Crippen LogP contribution is -2.43. The maximum atomic E-state index is 12.7. The van der Waals surface area contributed by atoms with E-state index in [0.29, 0.717) is 24.2 Å². The van der Waals surface area contributed by atoms with E-state index in [4.69, 9.17) is 9.52 Å². The van der Waals surface area contributed by atoms with E-state index in [1.165, 1.54) is 18.4 Å². The molecule has 2 unspecified atom stereocenters. The van der Waals surface area contributed by atoms with E-state index >= 15 is 0 Å². The number of carbonyl (C=O) groups is 2. The maximum absolute atomic E-state index is 12.7. The summed E-state index contributed by atoms with van der Waals surface area (Å²) in [6, 6.07) is 3.03. The van der Waals surface area contributed by atoms with Gasteiger partial charge in [0.15, 0.2) is 0 Å². The van der Waals surface area contributed by atoms with Crippen LogP contribution in [0.1, 0.15) is 31.4 Å². The Hall–Kier alpha value is -1.99. The van der Waals surface area contributed by atoms with Crippen LogP contribution in [0.25, 0.3) is 0 Å². The van der Waals surface area contributed by atoms with Crippen molar-refractivity contribution < 1.29 is 32.3 Å². The predicted molar refractivity (Wildman–Crippen MR) is 73.3 cm³/mol. The van der Waals surface area contributed by atoms with Crippen molar-refractivity contribution >= 4 is 11.9 Å². The third-order valence-corrected chi connectivity index (χ3v) is 3.98. The van der Waals surface area contributed by atoms with Gasteiger partial charge >= 0.3 is 12.1 Å². The molecule has 5 nitrogen and oxygen atoms in total. The molecule has 1 amide bonds. The van der Waals surface area contributed by atoms with Crippen LogP contribution in [0.15, 0.2) is 22.8 Å². The molecule has 23 heavy (non-hydrogen) atoms. The quantitative estimate of drug-likeness (QED) is 0.899. The molecule has 2 rings (SSSR count). The van der Waals surface area contributed by atoms with Crippen LogP contribution >= 0.6 is 0 Å². The second-order valence-electron chi connectivity index (χ2n) is 5.79. The van der Waals surface area contributed by atoms with Gasteiger partial charge in [-0.25, -0.2) is 0 Å². The number of rotatable bonds is 5. The van der Waals surface area contributed by atoms with Gasteiger partial charge in [0.05, 0.1) is 18.7 Å². The Kier molecular flexibility index (Phi) is 5.33. The molecule has 1 aromatic heterocycles. The maximum Gasteiger partial charge on any atom is 0.406 e. The predicted octanol–water partition coefficient (Wildman–Crippen LogP) is 3.06. The zero-order valence-electron chi connectivity index (χ0n) is 12.4. The summed E-state index contributed by atoms with van der Waals surface area (Å²) in [5.74, 6) is -2.77. The Labute approximate surface area is 131 Å². The van der Waals surface area contributed by atoms with Crippen LogP contribution in [-0.2, 0) is 16.1 Å². The van der Waals surface area contributed by atoms with Crippen LogP contribution in [0.5, 0.6) is 0 Å². The minimum absolute atomic E-state index is 0.0840. The molecule has 0 radical (unpaired) electrons. The molecular weight excluding hydrogens is 315 g/mol. The minimum atomic E-state index is -4.52. The summed E-state index contributed by atoms with van der Waals surface area (Å²) in [4.78, 5) is 24.2. The highest BCUT2D eigenvalue weighted by molar-refractivity contribution is 5.80. The molecule has 0 aliphatic heterocycles. The first kappa shape index (κ1) is 17.4. The fraction of sp³-hybridized carbons (Fsp3) is 0.600. The number of carboxylic acid groups (broad SMARTS) is 1. The standard InChI is InChI=1S/C15H18F3NO4/c16-15(17,18)9-19(8-12-5-2-6-23-12)13(20)10-3-1-4-11(7-10)14(21)22/h2,5-6,10-11H,1,3-4,7-9H2,(H,21,22). The molecule has 1 N–H and O–H groups in total. The Morgan fingerprint density at radius 2 is 2.00 bits per heavy atom. The van der Waals surface area contributed by atoms with Crippen LogP contribution in [0.2, 0.25) is 0 Å². The summed E-state index contributed by atoms with van der Waals surface area (Å²) < 4.78 is 43.3. The number of carbonyl (C=O) groups excluding carboxylic acids is 1. The summed E-state index contributed by atoms with van der Waals surface area (Å²) in [6.07, 6.45) is -1.73. The van der Waals surface area contributed by atoms with Crippen molar-refractivity contribution in [2.24, 2.45) is 11.8 Å². The molecule has 8 heteroatoms. The molecule has 1 aliphatic carbocycles. The number of hydrogen-bond donors (Lipinski definition) is 1. The second kappa shape index (κ2) is 7.06. The van der Waals surface area contributed by atoms with Gasteiger partial charge in [-0.2, -0.15) is 13.2 Å². The normalized spacial score (nSPS) is 21.9. The highest BCUT2D eigenvalue weighted by Gasteiger charge is 2.38. The molecule has 0 bridgehead atoms. The average molecular weight is 333 g/mol. The van der Waals surface area contributed by atoms with Crippen LogP contribution in [0.4, 0.5) is 13.2 Å². The number of hydrogen-bond acceptors (Lipinski definition) is 3. The number of furan rings is 1. The van der Waals surface area contributed by atoms with Crippen LogP contribution in [-0.4, -0.2) is 34.6 Å². The number of nitrogens with zero attached hydrogens (tertiary/aromatic N) is 1. The lowest BCUT2D eigenvalue weighted by Gasteiger charge is -2.31. The van der Waals surface area contributed by atoms with Crippen molar-refractivity contribution in [3.05, 3.63) is 24.2 Å². The number of amides is 1. The van der Waals surface area contributed by atoms with Crippen LogP contribution < -0.4 is 0 Å². The summed E-state index contributed by atoms with van der Waals surface area (Å²) in [5, 5.41) is 9.05. The van der Waals surface area contributed by atoms with Gasteiger partial charge in [0.2, 0.25) is 5.91 Å². The number of aliphatic carboxylic acids is 1. The van der Waals surface area contributed by atoms with Gasteiger partial charge in [-0.1, -0.05) is 6.42 Å². The van der Waals surface area contributed by atoms with Crippen molar-refractivity contribution in [2.75, 3.05) is 6.54 Å². The van der Waals surface area contributed by atoms with E-state index in [1.807, 2.05) is 0 Å². The van der Waals surface area contributed by atoms with Crippen LogP contribution in [0, 0.1) is 11.8 Å². The SMILES string of the molecule is O=C(O)C1CCCC(C(=O)N(Cc2ccco2)CC(F)(F)F)C1. The van der Waals surface area contributed by atoms with Gasteiger partial charge in [-0.15, -0.1) is 0 Å². The Bertz CT molecular complexity index is 541. The van der Waals surface area contributed by atoms with E-state index < -0.39 is 36.4 Å². The molecule has 1 aromatic rings. The van der Waals surface area contributed by atoms with Crippen molar-refractivity contribution in [2.45, 2.75) is 38.4 Å². The first-order valence-electron chi connectivity index (χ1n) is 7.37. The van der Waals surface area contributed by atoms with E-state index in [9.17, 15) is 22.8 Å². The van der Waals surface area contributed by atoms with Crippen molar-refractivity contribution in [1.82, 2.24) is 4.90 Å². The summed E-state index contributed by atoms with van der Waals surface area (Å²) >= 11 is 0. The number of carboxylic acids is 1. The Balaban J connectivity index is 2.10. The van der Waals surface area contributed by atoms with E-state index in [-0.39, 0.29) is 18.7 Å². The molecule has 1 aliphatic rings. The van der Waals surface area contributed by atoms with Crippen LogP contribution in [0.3, 0.4) is 0 Å². The van der Waals surface area contributed by atoms with Gasteiger partial charge in [-0.05, 0) is 31.4 Å². The smallest absolute Gasteiger partial charge is 0.406 e. The minimum Gasteiger partial charge on any atom is -0.481 e. The highest BCUT2D eigenvalue weighted by Crippen LogP contribution is 2.31. The van der Waals surface area contributed by atoms with E-state index in [2.05, 4.69) is 0 Å². The molecule has 0 saturated heterocycles. The van der Waals surface area contributed by atoms with Gasteiger partial charge in [0.25, 0.3) is 0 Å². The van der Waals surface area contributed by atoms with Gasteiger partial charge in [-0.3, -0.25) is 9.59 Å². The molecule has 1 fully saturated rings. The Morgan fingerprint density at radius 3 is 2.57 bits per heavy atom. The number of halogens is 3. The first-order valence-corrected chi connectivity index (χ1v) is 7.37. The highest BCUT2D eigenvalue weighted by atomic mass is 19.4. The monoisotopic (exact) mass is 333 g/mol. The molecule has 1 heterocycles. The van der Waals surface area contributed by atoms with Crippen molar-refractivity contribution in [3.8, 4) is 0 Å². The average Bonchev–Trinajstić information content (AvgIpc) is 2.97. The van der Waals surface area contributed by atoms with E-state index in [1.54, 1.807) is 0 Å². The molecule has 1 saturated carbocycles. The molecule has 0 aromatic carbocycles. The van der Waals surface area contributed by atoms with Gasteiger partial charge in [0, 0.05) is 5.92 Å². The zero-order valence-corrected chi connectivity index (χ0v) is 12.4. The molecule has 2 atom stereocenters. The van der Waals surface area contributed by atoms with Crippen molar-refractivity contribution in [1.29, 1.82) is 0 Å². The molecule has 128 valence electrons. The fourth-order valence-corrected chi connectivity index (χ4v) is 2.92. The lowest BCUT2D eigenvalue weighted by molar-refractivity contribution is -0.167. The van der Waals surface area contributed by atoms with E-state index in [0.717, 1.165) is 0 Å². The summed E-state index contributed by atoms with van der Waals surface area (Å²) in [6.45, 7) is -1.65. The van der Waals surface area contributed by atoms with Gasteiger partial charge < -0.3 is 14.4 Å². The Morgan fingerprint density at radius 1 is 1.30 bits per heavy atom. The van der Waals surface area contributed by atoms with Crippen molar-refractivity contribution in [3.63, 3.8) is 0 Å². The third kappa shape index (κ3) is 5.01. The second-order valence-corrected chi connectivity index (χ2v) is 5.79. The first-order chi connectivity index (χ1) is 10.8. The third-order valence-electron chi connectivity index (χ3n) is 3.98. The number of alkyl halides is 3. The summed E-state index contributed by atoms with van der Waals surface area (Å²) in [7, 11) is 0. The topological polar surface area (TPSA) is 70.8 Å².